The Morgan fingerprint density at radius 2 is 1.70 bits per heavy atom. The molecule has 0 aliphatic carbocycles. The van der Waals surface area contributed by atoms with Gasteiger partial charge in [0.2, 0.25) is 0 Å². The second kappa shape index (κ2) is 6.18. The number of carbonyl (C=O) groups is 1. The van der Waals surface area contributed by atoms with Crippen molar-refractivity contribution in [1.29, 1.82) is 0 Å². The van der Waals surface area contributed by atoms with Crippen LogP contribution in [-0.4, -0.2) is 10.8 Å². The SMILES string of the molecule is O=C(Nc1cccc2c([N+](=O)[O-])cccc12)c1cccc(Br)c1. The first-order valence-corrected chi connectivity index (χ1v) is 7.58. The molecule has 0 bridgehead atoms. The summed E-state index contributed by atoms with van der Waals surface area (Å²) in [4.78, 5) is 23.1. The first-order valence-electron chi connectivity index (χ1n) is 6.79. The fraction of sp³-hybridized carbons (Fsp3) is 0. The molecule has 0 aliphatic rings. The average Bonchev–Trinajstić information content (AvgIpc) is 2.54. The Labute approximate surface area is 140 Å². The summed E-state index contributed by atoms with van der Waals surface area (Å²) in [6.07, 6.45) is 0. The topological polar surface area (TPSA) is 72.2 Å². The highest BCUT2D eigenvalue weighted by Crippen LogP contribution is 2.30. The van der Waals surface area contributed by atoms with Crippen LogP contribution in [0.2, 0.25) is 0 Å². The number of halogens is 1. The zero-order valence-electron chi connectivity index (χ0n) is 11.8. The van der Waals surface area contributed by atoms with Crippen molar-refractivity contribution in [2.75, 3.05) is 5.32 Å². The number of carbonyl (C=O) groups excluding carboxylic acids is 1. The van der Waals surface area contributed by atoms with Gasteiger partial charge in [0.15, 0.2) is 0 Å². The smallest absolute Gasteiger partial charge is 0.277 e. The van der Waals surface area contributed by atoms with E-state index in [4.69, 9.17) is 0 Å². The summed E-state index contributed by atoms with van der Waals surface area (Å²) in [5.74, 6) is -0.273. The number of hydrogen-bond acceptors (Lipinski definition) is 3. The van der Waals surface area contributed by atoms with Gasteiger partial charge in [-0.25, -0.2) is 0 Å². The summed E-state index contributed by atoms with van der Waals surface area (Å²) < 4.78 is 0.804. The normalized spacial score (nSPS) is 10.5. The van der Waals surface area contributed by atoms with Crippen molar-refractivity contribution in [2.45, 2.75) is 0 Å². The first-order chi connectivity index (χ1) is 11.1. The van der Waals surface area contributed by atoms with Gasteiger partial charge in [0.25, 0.3) is 11.6 Å². The predicted octanol–water partition coefficient (Wildman–Crippen LogP) is 4.76. The van der Waals surface area contributed by atoms with Crippen molar-refractivity contribution in [3.05, 3.63) is 80.8 Å². The second-order valence-electron chi connectivity index (χ2n) is 4.90. The van der Waals surface area contributed by atoms with Crippen LogP contribution in [-0.2, 0) is 0 Å². The van der Waals surface area contributed by atoms with E-state index in [1.165, 1.54) is 6.07 Å². The molecule has 5 nitrogen and oxygen atoms in total. The summed E-state index contributed by atoms with van der Waals surface area (Å²) in [5.41, 5.74) is 1.05. The van der Waals surface area contributed by atoms with Crippen molar-refractivity contribution in [1.82, 2.24) is 0 Å². The number of anilines is 1. The molecule has 6 heteroatoms. The minimum Gasteiger partial charge on any atom is -0.321 e. The standard InChI is InChI=1S/C17H11BrN2O3/c18-12-5-1-4-11(10-12)17(21)19-15-8-2-7-14-13(15)6-3-9-16(14)20(22)23/h1-10H,(H,19,21). The highest BCUT2D eigenvalue weighted by molar-refractivity contribution is 9.10. The molecule has 0 atom stereocenters. The summed E-state index contributed by atoms with van der Waals surface area (Å²) in [6.45, 7) is 0. The van der Waals surface area contributed by atoms with Crippen LogP contribution in [0.25, 0.3) is 10.8 Å². The van der Waals surface area contributed by atoms with Crippen LogP contribution >= 0.6 is 15.9 Å². The van der Waals surface area contributed by atoms with Gasteiger partial charge in [0, 0.05) is 27.2 Å². The van der Waals surface area contributed by atoms with E-state index >= 15 is 0 Å². The van der Waals surface area contributed by atoms with Gasteiger partial charge in [-0.2, -0.15) is 0 Å². The quantitative estimate of drug-likeness (QED) is 0.533. The van der Waals surface area contributed by atoms with Crippen molar-refractivity contribution in [3.63, 3.8) is 0 Å². The third-order valence-corrected chi connectivity index (χ3v) is 3.92. The van der Waals surface area contributed by atoms with E-state index in [-0.39, 0.29) is 11.6 Å². The number of nitro benzene ring substituents is 1. The molecule has 0 saturated heterocycles. The highest BCUT2D eigenvalue weighted by atomic mass is 79.9. The summed E-state index contributed by atoms with van der Waals surface area (Å²) in [5, 5.41) is 15.1. The van der Waals surface area contributed by atoms with Gasteiger partial charge >= 0.3 is 0 Å². The number of nitro groups is 1. The van der Waals surface area contributed by atoms with Crippen molar-refractivity contribution in [2.24, 2.45) is 0 Å². The van der Waals surface area contributed by atoms with Gasteiger partial charge < -0.3 is 5.32 Å². The van der Waals surface area contributed by atoms with Crippen LogP contribution in [0, 0.1) is 10.1 Å². The molecule has 0 aliphatic heterocycles. The molecule has 0 fully saturated rings. The maximum Gasteiger partial charge on any atom is 0.277 e. The number of nitrogens with zero attached hydrogens (tertiary/aromatic N) is 1. The molecule has 23 heavy (non-hydrogen) atoms. The molecule has 0 radical (unpaired) electrons. The molecular weight excluding hydrogens is 360 g/mol. The van der Waals surface area contributed by atoms with E-state index in [1.807, 2.05) is 6.07 Å². The Hall–Kier alpha value is -2.73. The molecule has 0 heterocycles. The third kappa shape index (κ3) is 3.07. The highest BCUT2D eigenvalue weighted by Gasteiger charge is 2.14. The second-order valence-corrected chi connectivity index (χ2v) is 5.82. The van der Waals surface area contributed by atoms with Gasteiger partial charge in [-0.15, -0.1) is 0 Å². The van der Waals surface area contributed by atoms with Crippen LogP contribution in [0.15, 0.2) is 65.1 Å². The molecular formula is C17H11BrN2O3. The van der Waals surface area contributed by atoms with Crippen LogP contribution in [0.3, 0.4) is 0 Å². The maximum absolute atomic E-state index is 12.4. The zero-order valence-corrected chi connectivity index (χ0v) is 13.4. The van der Waals surface area contributed by atoms with Gasteiger partial charge in [-0.1, -0.05) is 40.2 Å². The first kappa shape index (κ1) is 15.2. The summed E-state index contributed by atoms with van der Waals surface area (Å²) >= 11 is 3.33. The van der Waals surface area contributed by atoms with E-state index in [1.54, 1.807) is 48.5 Å². The fourth-order valence-electron chi connectivity index (χ4n) is 2.39. The molecule has 3 rings (SSSR count). The number of hydrogen-bond donors (Lipinski definition) is 1. The molecule has 114 valence electrons. The minimum absolute atomic E-state index is 0.0149. The molecule has 1 amide bonds. The molecule has 1 N–H and O–H groups in total. The van der Waals surface area contributed by atoms with E-state index in [9.17, 15) is 14.9 Å². The number of non-ortho nitro benzene ring substituents is 1. The molecule has 0 aromatic heterocycles. The lowest BCUT2D eigenvalue weighted by Crippen LogP contribution is -2.12. The van der Waals surface area contributed by atoms with Crippen LogP contribution in [0.5, 0.6) is 0 Å². The van der Waals surface area contributed by atoms with E-state index < -0.39 is 4.92 Å². The maximum atomic E-state index is 12.4. The van der Waals surface area contributed by atoms with Crippen LogP contribution in [0.1, 0.15) is 10.4 Å². The predicted molar refractivity (Wildman–Crippen MR) is 92.7 cm³/mol. The fourth-order valence-corrected chi connectivity index (χ4v) is 2.79. The molecule has 0 spiro atoms. The lowest BCUT2D eigenvalue weighted by Gasteiger charge is -2.09. The summed E-state index contributed by atoms with van der Waals surface area (Å²) in [7, 11) is 0. The van der Waals surface area contributed by atoms with E-state index in [2.05, 4.69) is 21.2 Å². The van der Waals surface area contributed by atoms with Gasteiger partial charge in [0.1, 0.15) is 0 Å². The Morgan fingerprint density at radius 3 is 2.43 bits per heavy atom. The van der Waals surface area contributed by atoms with E-state index in [0.717, 1.165) is 4.47 Å². The molecule has 3 aromatic carbocycles. The van der Waals surface area contributed by atoms with Crippen LogP contribution in [0.4, 0.5) is 11.4 Å². The summed E-state index contributed by atoms with van der Waals surface area (Å²) in [6, 6.07) is 16.9. The van der Waals surface area contributed by atoms with Gasteiger partial charge in [0.05, 0.1) is 10.3 Å². The lowest BCUT2D eigenvalue weighted by atomic mass is 10.1. The van der Waals surface area contributed by atoms with E-state index in [0.29, 0.717) is 22.0 Å². The number of benzene rings is 3. The lowest BCUT2D eigenvalue weighted by molar-refractivity contribution is -0.383. The largest absolute Gasteiger partial charge is 0.321 e. The molecule has 0 saturated carbocycles. The van der Waals surface area contributed by atoms with Crippen molar-refractivity contribution in [3.8, 4) is 0 Å². The van der Waals surface area contributed by atoms with Gasteiger partial charge in [-0.05, 0) is 30.3 Å². The number of fused-ring (bicyclic) bond motifs is 1. The van der Waals surface area contributed by atoms with Gasteiger partial charge in [-0.3, -0.25) is 14.9 Å². The Morgan fingerprint density at radius 1 is 1.00 bits per heavy atom. The Bertz CT molecular complexity index is 925. The molecule has 0 unspecified atom stereocenters. The van der Waals surface area contributed by atoms with Crippen molar-refractivity contribution < 1.29 is 9.72 Å². The zero-order chi connectivity index (χ0) is 16.4. The van der Waals surface area contributed by atoms with Crippen LogP contribution < -0.4 is 5.32 Å². The Kier molecular flexibility index (Phi) is 4.08. The number of amides is 1. The average molecular weight is 371 g/mol. The monoisotopic (exact) mass is 370 g/mol. The Balaban J connectivity index is 2.02. The van der Waals surface area contributed by atoms with Crippen molar-refractivity contribution >= 4 is 44.0 Å². The minimum atomic E-state index is -0.428. The number of rotatable bonds is 3. The number of nitrogens with one attached hydrogen (secondary N) is 1. The molecule has 3 aromatic rings. The third-order valence-electron chi connectivity index (χ3n) is 3.43.